The second-order valence-electron chi connectivity index (χ2n) is 5.45. The number of carboxylic acid groups (broad SMARTS) is 1. The number of carboxylic acids is 1. The fourth-order valence-corrected chi connectivity index (χ4v) is 1.57. The third kappa shape index (κ3) is 8.34. The van der Waals surface area contributed by atoms with Crippen molar-refractivity contribution in [2.75, 3.05) is 13.7 Å². The van der Waals surface area contributed by atoms with E-state index in [9.17, 15) is 14.4 Å². The average molecular weight is 288 g/mol. The van der Waals surface area contributed by atoms with Gasteiger partial charge in [-0.05, 0) is 25.2 Å². The summed E-state index contributed by atoms with van der Waals surface area (Å²) in [6, 6.07) is -1.16. The van der Waals surface area contributed by atoms with Gasteiger partial charge in [0, 0.05) is 13.0 Å². The summed E-state index contributed by atoms with van der Waals surface area (Å²) in [7, 11) is 1.25. The number of methoxy groups -OCH3 is 1. The molecule has 0 aromatic rings. The lowest BCUT2D eigenvalue weighted by Gasteiger charge is -2.24. The minimum absolute atomic E-state index is 0.110. The van der Waals surface area contributed by atoms with Crippen molar-refractivity contribution in [3.05, 3.63) is 0 Å². The lowest BCUT2D eigenvalue weighted by molar-refractivity contribution is -0.142. The van der Waals surface area contributed by atoms with E-state index in [0.717, 1.165) is 0 Å². The predicted octanol–water partition coefficient (Wildman–Crippen LogP) is 1.13. The third-order valence-electron chi connectivity index (χ3n) is 3.01. The molecule has 0 bridgehead atoms. The first kappa shape index (κ1) is 18.2. The van der Waals surface area contributed by atoms with E-state index in [1.807, 2.05) is 13.8 Å². The van der Waals surface area contributed by atoms with Gasteiger partial charge in [-0.2, -0.15) is 0 Å². The van der Waals surface area contributed by atoms with E-state index in [1.165, 1.54) is 14.0 Å². The van der Waals surface area contributed by atoms with Gasteiger partial charge in [-0.3, -0.25) is 4.79 Å². The maximum absolute atomic E-state index is 11.5. The molecule has 1 atom stereocenters. The molecule has 0 fully saturated rings. The summed E-state index contributed by atoms with van der Waals surface area (Å²) in [4.78, 5) is 33.1. The number of carbonyl (C=O) groups excluding carboxylic acids is 2. The lowest BCUT2D eigenvalue weighted by atomic mass is 9.84. The van der Waals surface area contributed by atoms with Crippen molar-refractivity contribution in [3.63, 3.8) is 0 Å². The third-order valence-corrected chi connectivity index (χ3v) is 3.01. The van der Waals surface area contributed by atoms with Crippen LogP contribution in [0, 0.1) is 5.41 Å². The summed E-state index contributed by atoms with van der Waals surface area (Å²) < 4.78 is 4.49. The first-order chi connectivity index (χ1) is 9.18. The van der Waals surface area contributed by atoms with Crippen molar-refractivity contribution in [2.24, 2.45) is 5.41 Å². The number of ether oxygens (including phenoxy) is 1. The number of aliphatic carboxylic acids is 1. The van der Waals surface area contributed by atoms with Crippen LogP contribution in [0.5, 0.6) is 0 Å². The van der Waals surface area contributed by atoms with Gasteiger partial charge in [-0.15, -0.1) is 0 Å². The molecule has 0 saturated carbocycles. The highest BCUT2D eigenvalue weighted by atomic mass is 16.5. The molecule has 1 unspecified atom stereocenters. The Morgan fingerprint density at radius 3 is 2.35 bits per heavy atom. The second kappa shape index (κ2) is 8.39. The van der Waals surface area contributed by atoms with Gasteiger partial charge < -0.3 is 20.5 Å². The average Bonchev–Trinajstić information content (AvgIpc) is 2.35. The maximum Gasteiger partial charge on any atom is 0.328 e. The standard InChI is InChI=1S/C13H24N2O5/c1-9(11(18)20-4)15-12(19)14-8-7-13(2,3)6-5-10(16)17/h9H,5-8H2,1-4H3,(H,16,17)(H2,14,15,19). The monoisotopic (exact) mass is 288 g/mol. The number of esters is 1. The van der Waals surface area contributed by atoms with Crippen LogP contribution in [0.25, 0.3) is 0 Å². The molecule has 20 heavy (non-hydrogen) atoms. The minimum atomic E-state index is -0.823. The van der Waals surface area contributed by atoms with Crippen LogP contribution in [0.3, 0.4) is 0 Å². The molecular weight excluding hydrogens is 264 g/mol. The summed E-state index contributed by atoms with van der Waals surface area (Å²) in [5, 5.41) is 13.7. The second-order valence-corrected chi connectivity index (χ2v) is 5.45. The number of carbonyl (C=O) groups is 3. The smallest absolute Gasteiger partial charge is 0.328 e. The topological polar surface area (TPSA) is 105 Å². The fraction of sp³-hybridized carbons (Fsp3) is 0.769. The SMILES string of the molecule is COC(=O)C(C)NC(=O)NCCC(C)(C)CCC(=O)O. The summed E-state index contributed by atoms with van der Waals surface area (Å²) in [6.45, 7) is 5.84. The predicted molar refractivity (Wildman–Crippen MR) is 73.3 cm³/mol. The van der Waals surface area contributed by atoms with E-state index >= 15 is 0 Å². The summed E-state index contributed by atoms with van der Waals surface area (Å²) >= 11 is 0. The molecule has 2 amide bonds. The molecule has 0 spiro atoms. The van der Waals surface area contributed by atoms with Crippen LogP contribution in [-0.2, 0) is 14.3 Å². The van der Waals surface area contributed by atoms with E-state index in [2.05, 4.69) is 15.4 Å². The number of urea groups is 1. The first-order valence-electron chi connectivity index (χ1n) is 6.52. The molecule has 7 heteroatoms. The van der Waals surface area contributed by atoms with Crippen molar-refractivity contribution >= 4 is 18.0 Å². The van der Waals surface area contributed by atoms with Gasteiger partial charge in [0.1, 0.15) is 6.04 Å². The minimum Gasteiger partial charge on any atom is -0.481 e. The highest BCUT2D eigenvalue weighted by Crippen LogP contribution is 2.25. The van der Waals surface area contributed by atoms with Gasteiger partial charge >= 0.3 is 18.0 Å². The number of hydrogen-bond donors (Lipinski definition) is 3. The van der Waals surface area contributed by atoms with Crippen molar-refractivity contribution in [1.29, 1.82) is 0 Å². The van der Waals surface area contributed by atoms with Gasteiger partial charge in [-0.25, -0.2) is 9.59 Å². The van der Waals surface area contributed by atoms with Gasteiger partial charge in [0.2, 0.25) is 0 Å². The first-order valence-corrected chi connectivity index (χ1v) is 6.52. The van der Waals surface area contributed by atoms with Crippen LogP contribution in [0.4, 0.5) is 4.79 Å². The Bertz CT molecular complexity index is 355. The Morgan fingerprint density at radius 2 is 1.85 bits per heavy atom. The van der Waals surface area contributed by atoms with Crippen LogP contribution in [0.15, 0.2) is 0 Å². The Morgan fingerprint density at radius 1 is 1.25 bits per heavy atom. The molecule has 0 rings (SSSR count). The quantitative estimate of drug-likeness (QED) is 0.581. The van der Waals surface area contributed by atoms with Gasteiger partial charge in [-0.1, -0.05) is 13.8 Å². The zero-order valence-electron chi connectivity index (χ0n) is 12.5. The van der Waals surface area contributed by atoms with Crippen molar-refractivity contribution in [3.8, 4) is 0 Å². The molecule has 0 aliphatic carbocycles. The molecule has 0 radical (unpaired) electrons. The van der Waals surface area contributed by atoms with Gasteiger partial charge in [0.15, 0.2) is 0 Å². The molecule has 0 aliphatic heterocycles. The van der Waals surface area contributed by atoms with Gasteiger partial charge in [0.05, 0.1) is 7.11 Å². The molecule has 7 nitrogen and oxygen atoms in total. The lowest BCUT2D eigenvalue weighted by Crippen LogP contribution is -2.45. The Balaban J connectivity index is 3.96. The van der Waals surface area contributed by atoms with Crippen LogP contribution in [-0.4, -0.2) is 42.8 Å². The molecule has 0 aliphatic rings. The Labute approximate surface area is 119 Å². The molecule has 116 valence electrons. The number of nitrogens with one attached hydrogen (secondary N) is 2. The maximum atomic E-state index is 11.5. The highest BCUT2D eigenvalue weighted by Gasteiger charge is 2.20. The normalized spacial score (nSPS) is 12.4. The van der Waals surface area contributed by atoms with E-state index in [-0.39, 0.29) is 11.8 Å². The van der Waals surface area contributed by atoms with E-state index in [4.69, 9.17) is 5.11 Å². The van der Waals surface area contributed by atoms with Crippen molar-refractivity contribution < 1.29 is 24.2 Å². The van der Waals surface area contributed by atoms with E-state index < -0.39 is 24.0 Å². The van der Waals surface area contributed by atoms with Crippen molar-refractivity contribution in [2.45, 2.75) is 46.1 Å². The number of hydrogen-bond acceptors (Lipinski definition) is 4. The summed E-state index contributed by atoms with van der Waals surface area (Å²) in [5.41, 5.74) is -0.167. The summed E-state index contributed by atoms with van der Waals surface area (Å²) in [5.74, 6) is -1.34. The largest absolute Gasteiger partial charge is 0.481 e. The van der Waals surface area contributed by atoms with E-state index in [0.29, 0.717) is 19.4 Å². The molecule has 0 aromatic carbocycles. The highest BCUT2D eigenvalue weighted by molar-refractivity contribution is 5.83. The van der Waals surface area contributed by atoms with Crippen LogP contribution in [0.1, 0.15) is 40.0 Å². The Hall–Kier alpha value is -1.79. The molecular formula is C13H24N2O5. The van der Waals surface area contributed by atoms with Gasteiger partial charge in [0.25, 0.3) is 0 Å². The number of rotatable bonds is 8. The fourth-order valence-electron chi connectivity index (χ4n) is 1.57. The van der Waals surface area contributed by atoms with Crippen LogP contribution < -0.4 is 10.6 Å². The molecule has 0 heterocycles. The van der Waals surface area contributed by atoms with Crippen LogP contribution >= 0.6 is 0 Å². The zero-order valence-corrected chi connectivity index (χ0v) is 12.5. The summed E-state index contributed by atoms with van der Waals surface area (Å²) in [6.07, 6.45) is 1.31. The van der Waals surface area contributed by atoms with Crippen molar-refractivity contribution in [1.82, 2.24) is 10.6 Å². The Kier molecular flexibility index (Phi) is 7.64. The molecule has 0 aromatic heterocycles. The number of amides is 2. The van der Waals surface area contributed by atoms with E-state index in [1.54, 1.807) is 0 Å². The molecule has 3 N–H and O–H groups in total. The molecule has 0 saturated heterocycles. The zero-order chi connectivity index (χ0) is 15.8. The van der Waals surface area contributed by atoms with Crippen LogP contribution in [0.2, 0.25) is 0 Å².